The Bertz CT molecular complexity index is 967. The van der Waals surface area contributed by atoms with Crippen LogP contribution in [0.3, 0.4) is 0 Å². The minimum Gasteiger partial charge on any atom is -0.247 e. The zero-order valence-electron chi connectivity index (χ0n) is 13.4. The lowest BCUT2D eigenvalue weighted by molar-refractivity contribution is 0.229. The van der Waals surface area contributed by atoms with Crippen molar-refractivity contribution in [3.05, 3.63) is 46.8 Å². The van der Waals surface area contributed by atoms with Crippen molar-refractivity contribution < 1.29 is 17.6 Å². The molecule has 1 aromatic carbocycles. The van der Waals surface area contributed by atoms with Gasteiger partial charge in [-0.15, -0.1) is 0 Å². The number of nitrogens with zero attached hydrogens (tertiary/aromatic N) is 4. The fourth-order valence-electron chi connectivity index (χ4n) is 3.60. The number of halogens is 5. The molecule has 2 atom stereocenters. The van der Waals surface area contributed by atoms with Crippen LogP contribution in [0.4, 0.5) is 17.6 Å². The molecule has 4 rings (SSSR count). The smallest absolute Gasteiger partial charge is 0.247 e. The lowest BCUT2D eigenvalue weighted by atomic mass is 9.83. The highest BCUT2D eigenvalue weighted by molar-refractivity contribution is 6.32. The summed E-state index contributed by atoms with van der Waals surface area (Å²) >= 11 is 6.23. The number of rotatable bonds is 2. The van der Waals surface area contributed by atoms with Crippen LogP contribution >= 0.6 is 11.6 Å². The van der Waals surface area contributed by atoms with Crippen molar-refractivity contribution in [1.29, 1.82) is 0 Å². The summed E-state index contributed by atoms with van der Waals surface area (Å²) in [4.78, 5) is 7.99. The Labute approximate surface area is 150 Å². The van der Waals surface area contributed by atoms with Gasteiger partial charge < -0.3 is 0 Å². The van der Waals surface area contributed by atoms with E-state index in [9.17, 15) is 17.6 Å². The van der Waals surface area contributed by atoms with Crippen LogP contribution in [0.25, 0.3) is 16.9 Å². The quantitative estimate of drug-likeness (QED) is 0.468. The molecule has 0 aliphatic heterocycles. The van der Waals surface area contributed by atoms with E-state index in [4.69, 9.17) is 11.6 Å². The van der Waals surface area contributed by atoms with Crippen molar-refractivity contribution in [3.8, 4) is 11.1 Å². The summed E-state index contributed by atoms with van der Waals surface area (Å²) < 4.78 is 57.5. The molecule has 1 aliphatic carbocycles. The van der Waals surface area contributed by atoms with E-state index in [2.05, 4.69) is 15.1 Å². The highest BCUT2D eigenvalue weighted by Gasteiger charge is 2.31. The molecule has 2 unspecified atom stereocenters. The van der Waals surface area contributed by atoms with Crippen LogP contribution in [-0.4, -0.2) is 25.8 Å². The largest absolute Gasteiger partial charge is 0.253 e. The van der Waals surface area contributed by atoms with Crippen molar-refractivity contribution >= 4 is 17.4 Å². The Balaban J connectivity index is 2.03. The van der Waals surface area contributed by atoms with Gasteiger partial charge in [-0.05, 0) is 25.7 Å². The molecule has 0 saturated heterocycles. The van der Waals surface area contributed by atoms with Crippen LogP contribution in [0.1, 0.15) is 37.3 Å². The summed E-state index contributed by atoms with van der Waals surface area (Å²) in [5.41, 5.74) is -0.208. The van der Waals surface area contributed by atoms with Crippen LogP contribution < -0.4 is 0 Å². The summed E-state index contributed by atoms with van der Waals surface area (Å²) in [5, 5.41) is 3.88. The van der Waals surface area contributed by atoms with Gasteiger partial charge >= 0.3 is 0 Å². The molecule has 1 aliphatic rings. The highest BCUT2D eigenvalue weighted by atomic mass is 35.5. The van der Waals surface area contributed by atoms with E-state index in [1.165, 1.54) is 10.8 Å². The second-order valence-electron chi connectivity index (χ2n) is 6.34. The molecule has 1 fully saturated rings. The van der Waals surface area contributed by atoms with Crippen LogP contribution in [0.5, 0.6) is 0 Å². The number of hydrogen-bond acceptors (Lipinski definition) is 3. The molecule has 0 N–H and O–H groups in total. The molecular weight excluding hydrogens is 372 g/mol. The molecule has 3 aromatic rings. The molecule has 1 saturated carbocycles. The topological polar surface area (TPSA) is 43.1 Å². The van der Waals surface area contributed by atoms with Crippen LogP contribution in [-0.2, 0) is 0 Å². The molecule has 0 radical (unpaired) electrons. The molecule has 0 amide bonds. The number of aromatic nitrogens is 4. The van der Waals surface area contributed by atoms with Gasteiger partial charge in [-0.2, -0.15) is 15.1 Å². The first-order valence-corrected chi connectivity index (χ1v) is 8.51. The Morgan fingerprint density at radius 3 is 2.50 bits per heavy atom. The third-order valence-corrected chi connectivity index (χ3v) is 4.95. The van der Waals surface area contributed by atoms with Crippen molar-refractivity contribution in [3.63, 3.8) is 0 Å². The average molecular weight is 385 g/mol. The third-order valence-electron chi connectivity index (χ3n) is 4.67. The molecule has 0 bridgehead atoms. The van der Waals surface area contributed by atoms with Crippen molar-refractivity contribution in [2.24, 2.45) is 0 Å². The van der Waals surface area contributed by atoms with Gasteiger partial charge in [0.25, 0.3) is 5.78 Å². The highest BCUT2D eigenvalue weighted by Crippen LogP contribution is 2.42. The third kappa shape index (κ3) is 2.82. The first-order valence-electron chi connectivity index (χ1n) is 8.13. The maximum atomic E-state index is 14.4. The first-order chi connectivity index (χ1) is 12.5. The molecule has 2 heterocycles. The van der Waals surface area contributed by atoms with Gasteiger partial charge in [0, 0.05) is 23.6 Å². The first kappa shape index (κ1) is 17.2. The van der Waals surface area contributed by atoms with Crippen molar-refractivity contribution in [1.82, 2.24) is 19.6 Å². The van der Waals surface area contributed by atoms with Gasteiger partial charge in [0.2, 0.25) is 0 Å². The molecule has 26 heavy (non-hydrogen) atoms. The molecule has 2 aromatic heterocycles. The van der Waals surface area contributed by atoms with Crippen molar-refractivity contribution in [2.75, 3.05) is 0 Å². The van der Waals surface area contributed by atoms with Crippen LogP contribution in [0.2, 0.25) is 5.15 Å². The molecule has 136 valence electrons. The fourth-order valence-corrected chi connectivity index (χ4v) is 3.87. The number of fused-ring (bicyclic) bond motifs is 1. The summed E-state index contributed by atoms with van der Waals surface area (Å²) in [6, 6.07) is 1.14. The van der Waals surface area contributed by atoms with Gasteiger partial charge in [-0.3, -0.25) is 0 Å². The summed E-state index contributed by atoms with van der Waals surface area (Å²) in [6.07, 6.45) is 2.04. The van der Waals surface area contributed by atoms with E-state index in [1.807, 2.05) is 0 Å². The van der Waals surface area contributed by atoms with Gasteiger partial charge in [-0.1, -0.05) is 11.6 Å². The fraction of sp³-hybridized carbons (Fsp3) is 0.353. The average Bonchev–Trinajstić information content (AvgIpc) is 3.01. The minimum absolute atomic E-state index is 0.0428. The SMILES string of the molecule is Fc1cc(F)c(-c2c(Cl)nc3ncnn3c2C2CCCC(F)C2)c(F)c1. The maximum Gasteiger partial charge on any atom is 0.253 e. The number of alkyl halides is 1. The molecular formula is C17H13ClF4N4. The van der Waals surface area contributed by atoms with E-state index >= 15 is 0 Å². The predicted molar refractivity (Wildman–Crippen MR) is 87.2 cm³/mol. The monoisotopic (exact) mass is 384 g/mol. The van der Waals surface area contributed by atoms with E-state index in [-0.39, 0.29) is 28.8 Å². The van der Waals surface area contributed by atoms with Gasteiger partial charge in [-0.25, -0.2) is 22.1 Å². The van der Waals surface area contributed by atoms with Gasteiger partial charge in [0.05, 0.1) is 11.3 Å². The van der Waals surface area contributed by atoms with Gasteiger partial charge in [0.15, 0.2) is 0 Å². The maximum absolute atomic E-state index is 14.4. The lowest BCUT2D eigenvalue weighted by Crippen LogP contribution is -2.19. The molecule has 4 nitrogen and oxygen atoms in total. The Hall–Kier alpha value is -2.22. The summed E-state index contributed by atoms with van der Waals surface area (Å²) in [5.74, 6) is -3.49. The van der Waals surface area contributed by atoms with Crippen molar-refractivity contribution in [2.45, 2.75) is 37.8 Å². The lowest BCUT2D eigenvalue weighted by Gasteiger charge is -2.27. The second-order valence-corrected chi connectivity index (χ2v) is 6.70. The number of hydrogen-bond donors (Lipinski definition) is 0. The standard InChI is InChI=1S/C17H13ClF4N4/c18-16-14(13-11(21)5-10(20)6-12(13)22)15(8-2-1-3-9(19)4-8)26-17(25-16)23-7-24-26/h5-9H,1-4H2. The minimum atomic E-state index is -1.11. The number of benzene rings is 1. The van der Waals surface area contributed by atoms with E-state index in [0.717, 1.165) is 0 Å². The summed E-state index contributed by atoms with van der Waals surface area (Å²) in [7, 11) is 0. The van der Waals surface area contributed by atoms with E-state index in [0.29, 0.717) is 37.1 Å². The summed E-state index contributed by atoms with van der Waals surface area (Å²) in [6.45, 7) is 0. The van der Waals surface area contributed by atoms with Gasteiger partial charge in [0.1, 0.15) is 35.1 Å². The normalized spacial score (nSPS) is 20.7. The van der Waals surface area contributed by atoms with E-state index < -0.39 is 29.2 Å². The second kappa shape index (κ2) is 6.50. The zero-order chi connectivity index (χ0) is 18.4. The predicted octanol–water partition coefficient (Wildman–Crippen LogP) is 4.86. The Morgan fingerprint density at radius 2 is 1.81 bits per heavy atom. The Morgan fingerprint density at radius 1 is 1.08 bits per heavy atom. The zero-order valence-corrected chi connectivity index (χ0v) is 14.1. The van der Waals surface area contributed by atoms with Crippen LogP contribution in [0.15, 0.2) is 18.5 Å². The molecule has 0 spiro atoms. The van der Waals surface area contributed by atoms with Crippen LogP contribution in [0, 0.1) is 17.5 Å². The molecule has 9 heteroatoms. The van der Waals surface area contributed by atoms with E-state index in [1.54, 1.807) is 0 Å². The Kier molecular flexibility index (Phi) is 4.30.